The fourth-order valence-corrected chi connectivity index (χ4v) is 5.59. The van der Waals surface area contributed by atoms with Crippen molar-refractivity contribution in [2.75, 3.05) is 9.80 Å². The molecule has 1 aliphatic carbocycles. The van der Waals surface area contributed by atoms with Gasteiger partial charge in [-0.1, -0.05) is 41.9 Å². The van der Waals surface area contributed by atoms with Crippen molar-refractivity contribution < 1.29 is 27.9 Å². The zero-order chi connectivity index (χ0) is 28.6. The van der Waals surface area contributed by atoms with E-state index >= 15 is 0 Å². The number of carbonyl (C=O) groups is 2. The second-order valence-electron chi connectivity index (χ2n) is 10.2. The van der Waals surface area contributed by atoms with Gasteiger partial charge in [-0.25, -0.2) is 18.2 Å². The largest absolute Gasteiger partial charge is 0.374 e. The number of benzene rings is 2. The Labute approximate surface area is 234 Å². The Morgan fingerprint density at radius 2 is 1.82 bits per heavy atom. The summed E-state index contributed by atoms with van der Waals surface area (Å²) in [7, 11) is 0. The van der Waals surface area contributed by atoms with Gasteiger partial charge in [0, 0.05) is 40.9 Å². The molecule has 3 aromatic rings. The molecule has 0 bridgehead atoms. The highest BCUT2D eigenvalue weighted by Crippen LogP contribution is 2.40. The lowest BCUT2D eigenvalue weighted by molar-refractivity contribution is -0.133. The second kappa shape index (κ2) is 11.1. The summed E-state index contributed by atoms with van der Waals surface area (Å²) in [5.41, 5.74) is 0.988. The molecule has 2 fully saturated rings. The summed E-state index contributed by atoms with van der Waals surface area (Å²) in [6.45, 7) is 1.78. The smallest absolute Gasteiger partial charge is 0.252 e. The van der Waals surface area contributed by atoms with Crippen molar-refractivity contribution in [1.29, 1.82) is 0 Å². The second-order valence-corrected chi connectivity index (χ2v) is 10.6. The van der Waals surface area contributed by atoms with E-state index in [1.165, 1.54) is 23.1 Å². The van der Waals surface area contributed by atoms with Crippen molar-refractivity contribution in [3.63, 3.8) is 0 Å². The van der Waals surface area contributed by atoms with Crippen molar-refractivity contribution in [2.24, 2.45) is 0 Å². The molecule has 2 aromatic carbocycles. The van der Waals surface area contributed by atoms with E-state index in [-0.39, 0.29) is 29.1 Å². The number of aliphatic hydroxyl groups is 1. The normalized spacial score (nSPS) is 21.0. The first-order valence-corrected chi connectivity index (χ1v) is 13.3. The number of anilines is 2. The van der Waals surface area contributed by atoms with E-state index in [9.17, 15) is 27.9 Å². The van der Waals surface area contributed by atoms with Crippen molar-refractivity contribution >= 4 is 34.9 Å². The summed E-state index contributed by atoms with van der Waals surface area (Å²) in [5.74, 6) is -4.49. The molecule has 210 valence electrons. The maximum Gasteiger partial charge on any atom is 0.252 e. The van der Waals surface area contributed by atoms with Gasteiger partial charge < -0.3 is 15.3 Å². The van der Waals surface area contributed by atoms with E-state index in [2.05, 4.69) is 10.3 Å². The molecule has 1 unspecified atom stereocenters. The Morgan fingerprint density at radius 3 is 2.50 bits per heavy atom. The average Bonchev–Trinajstić information content (AvgIpc) is 3.27. The van der Waals surface area contributed by atoms with Crippen molar-refractivity contribution in [1.82, 2.24) is 10.3 Å². The predicted molar refractivity (Wildman–Crippen MR) is 145 cm³/mol. The molecule has 3 atom stereocenters. The first kappa shape index (κ1) is 27.9. The van der Waals surface area contributed by atoms with Crippen LogP contribution in [-0.2, 0) is 9.59 Å². The van der Waals surface area contributed by atoms with Crippen LogP contribution in [0.4, 0.5) is 24.7 Å². The van der Waals surface area contributed by atoms with Crippen molar-refractivity contribution in [3.8, 4) is 0 Å². The minimum Gasteiger partial charge on any atom is -0.374 e. The van der Waals surface area contributed by atoms with Gasteiger partial charge in [0.2, 0.25) is 5.91 Å². The highest BCUT2D eigenvalue weighted by molar-refractivity contribution is 6.31. The number of pyridine rings is 1. The van der Waals surface area contributed by atoms with E-state index in [4.69, 9.17) is 11.6 Å². The standard InChI is InChI=1S/C29H28ClF3N4O3/c1-17-6-4-11-24(34-17)37-23(12-13-25(37)38)28(40)36(20-8-5-7-18(31)14-20)26(21-9-2-3-10-22(21)30)27(39)35-19-15-29(32,33)16-19/h2-11,14,19,23,25-26,38H,12-13,15-16H2,1H3,(H,35,39)/t23-,25?,26-/m0/s1. The number of aromatic nitrogens is 1. The van der Waals surface area contributed by atoms with Crippen LogP contribution in [0.3, 0.4) is 0 Å². The lowest BCUT2D eigenvalue weighted by atomic mass is 9.87. The van der Waals surface area contributed by atoms with Crippen LogP contribution >= 0.6 is 11.6 Å². The molecule has 0 spiro atoms. The third-order valence-corrected chi connectivity index (χ3v) is 7.59. The molecule has 1 saturated carbocycles. The van der Waals surface area contributed by atoms with Crippen LogP contribution in [0, 0.1) is 12.7 Å². The summed E-state index contributed by atoms with van der Waals surface area (Å²) in [6, 6.07) is 13.6. The molecule has 2 heterocycles. The number of carbonyl (C=O) groups excluding carboxylic acids is 2. The number of hydrogen-bond acceptors (Lipinski definition) is 5. The minimum absolute atomic E-state index is 0.0718. The predicted octanol–water partition coefficient (Wildman–Crippen LogP) is 5.16. The van der Waals surface area contributed by atoms with Gasteiger partial charge in [-0.2, -0.15) is 0 Å². The van der Waals surface area contributed by atoms with E-state index in [0.29, 0.717) is 11.5 Å². The average molecular weight is 573 g/mol. The van der Waals surface area contributed by atoms with E-state index in [1.54, 1.807) is 49.4 Å². The molecule has 1 aromatic heterocycles. The summed E-state index contributed by atoms with van der Waals surface area (Å²) in [4.78, 5) is 35.4. The zero-order valence-electron chi connectivity index (χ0n) is 21.6. The third kappa shape index (κ3) is 5.64. The van der Waals surface area contributed by atoms with Crippen LogP contribution in [0.1, 0.15) is 43.0 Å². The lowest BCUT2D eigenvalue weighted by Crippen LogP contribution is -2.56. The van der Waals surface area contributed by atoms with Crippen LogP contribution in [0.2, 0.25) is 5.02 Å². The lowest BCUT2D eigenvalue weighted by Gasteiger charge is -2.39. The molecule has 2 aliphatic rings. The Balaban J connectivity index is 1.60. The minimum atomic E-state index is -2.88. The van der Waals surface area contributed by atoms with Crippen LogP contribution in [-0.4, -0.2) is 46.1 Å². The SMILES string of the molecule is Cc1cccc(N2C(O)CC[C@H]2C(=O)N(c2cccc(F)c2)[C@H](C(=O)NC2CC(F)(F)C2)c2ccccc2Cl)n1. The molecule has 1 saturated heterocycles. The third-order valence-electron chi connectivity index (χ3n) is 7.25. The number of alkyl halides is 2. The van der Waals surface area contributed by atoms with E-state index in [0.717, 1.165) is 11.0 Å². The zero-order valence-corrected chi connectivity index (χ0v) is 22.4. The monoisotopic (exact) mass is 572 g/mol. The maximum absolute atomic E-state index is 14.5. The number of amides is 2. The van der Waals surface area contributed by atoms with Gasteiger partial charge in [-0.15, -0.1) is 0 Å². The van der Waals surface area contributed by atoms with Gasteiger partial charge >= 0.3 is 0 Å². The van der Waals surface area contributed by atoms with Gasteiger partial charge in [0.15, 0.2) is 0 Å². The molecule has 2 amide bonds. The highest BCUT2D eigenvalue weighted by atomic mass is 35.5. The fraction of sp³-hybridized carbons (Fsp3) is 0.345. The molecule has 2 N–H and O–H groups in total. The summed E-state index contributed by atoms with van der Waals surface area (Å²) in [5, 5.41) is 13.6. The molecule has 5 rings (SSSR count). The Morgan fingerprint density at radius 1 is 1.10 bits per heavy atom. The fourth-order valence-electron chi connectivity index (χ4n) is 5.35. The summed E-state index contributed by atoms with van der Waals surface area (Å²) < 4.78 is 41.7. The highest BCUT2D eigenvalue weighted by Gasteiger charge is 2.48. The maximum atomic E-state index is 14.5. The quantitative estimate of drug-likeness (QED) is 0.409. The first-order chi connectivity index (χ1) is 19.0. The van der Waals surface area contributed by atoms with Crippen LogP contribution in [0.25, 0.3) is 0 Å². The van der Waals surface area contributed by atoms with Gasteiger partial charge in [0.05, 0.1) is 0 Å². The number of nitrogens with zero attached hydrogens (tertiary/aromatic N) is 3. The molecule has 40 heavy (non-hydrogen) atoms. The number of aliphatic hydroxyl groups excluding tert-OH is 1. The Kier molecular flexibility index (Phi) is 7.74. The topological polar surface area (TPSA) is 85.8 Å². The van der Waals surface area contributed by atoms with Crippen LogP contribution in [0.5, 0.6) is 0 Å². The van der Waals surface area contributed by atoms with Gasteiger partial charge in [-0.3, -0.25) is 14.5 Å². The van der Waals surface area contributed by atoms with Crippen LogP contribution < -0.4 is 15.1 Å². The number of halogens is 4. The van der Waals surface area contributed by atoms with Crippen molar-refractivity contribution in [2.45, 2.75) is 62.9 Å². The van der Waals surface area contributed by atoms with E-state index < -0.39 is 60.7 Å². The first-order valence-electron chi connectivity index (χ1n) is 13.0. The van der Waals surface area contributed by atoms with Crippen molar-refractivity contribution in [3.05, 3.63) is 88.8 Å². The number of rotatable bonds is 7. The Hall–Kier alpha value is -3.63. The molecular weight excluding hydrogens is 545 g/mol. The summed E-state index contributed by atoms with van der Waals surface area (Å²) >= 11 is 6.51. The summed E-state index contributed by atoms with van der Waals surface area (Å²) in [6.07, 6.45) is -1.59. The molecule has 0 radical (unpaired) electrons. The Bertz CT molecular complexity index is 1420. The molecular formula is C29H28ClF3N4O3. The molecule has 7 nitrogen and oxygen atoms in total. The van der Waals surface area contributed by atoms with Gasteiger partial charge in [0.25, 0.3) is 11.8 Å². The van der Waals surface area contributed by atoms with Gasteiger partial charge in [0.1, 0.15) is 29.9 Å². The number of hydrogen-bond donors (Lipinski definition) is 2. The van der Waals surface area contributed by atoms with E-state index in [1.807, 2.05) is 0 Å². The molecule has 1 aliphatic heterocycles. The van der Waals surface area contributed by atoms with Gasteiger partial charge in [-0.05, 0) is 56.2 Å². The number of nitrogens with one attached hydrogen (secondary N) is 1. The van der Waals surface area contributed by atoms with Crippen LogP contribution in [0.15, 0.2) is 66.7 Å². The number of aryl methyl sites for hydroxylation is 1. The molecule has 11 heteroatoms.